The minimum absolute atomic E-state index is 0.472. The molecule has 0 aromatic heterocycles. The van der Waals surface area contributed by atoms with Crippen molar-refractivity contribution in [3.8, 4) is 0 Å². The minimum atomic E-state index is -1.97. The molecule has 10 heterocycles. The van der Waals surface area contributed by atoms with Crippen molar-refractivity contribution in [2.24, 2.45) is 0 Å². The van der Waals surface area contributed by atoms with Gasteiger partial charge in [-0.05, 0) is 80.3 Å². The molecule has 12 rings (SSSR count). The second kappa shape index (κ2) is 9.08. The highest BCUT2D eigenvalue weighted by Gasteiger charge is 2.93. The van der Waals surface area contributed by atoms with Crippen LogP contribution in [-0.2, 0) is 34.8 Å². The number of Topliss-reactive ketones (excluding diaryl/α,β-unsaturated/α-hetero) is 1. The average molecular weight is 755 g/mol. The normalized spacial score (nSPS) is 44.8. The maximum Gasteiger partial charge on any atom is 0.271 e. The third-order valence-electron chi connectivity index (χ3n) is 12.6. The van der Waals surface area contributed by atoms with E-state index in [0.717, 1.165) is 48.1 Å². The number of nitrogens with zero attached hydrogens (tertiary/aromatic N) is 4. The van der Waals surface area contributed by atoms with E-state index >= 15 is 0 Å². The van der Waals surface area contributed by atoms with Gasteiger partial charge >= 0.3 is 0 Å². The van der Waals surface area contributed by atoms with Crippen LogP contribution >= 0.6 is 43.2 Å². The highest BCUT2D eigenvalue weighted by atomic mass is 33.1. The van der Waals surface area contributed by atoms with E-state index < -0.39 is 90.4 Å². The molecule has 50 heavy (non-hydrogen) atoms. The first-order valence-corrected chi connectivity index (χ1v) is 20.3. The van der Waals surface area contributed by atoms with Crippen molar-refractivity contribution in [3.05, 3.63) is 59.7 Å². The van der Waals surface area contributed by atoms with Crippen molar-refractivity contribution in [2.45, 2.75) is 74.8 Å². The molecule has 8 saturated heterocycles. The van der Waals surface area contributed by atoms with Gasteiger partial charge < -0.3 is 35.8 Å². The maximum atomic E-state index is 15.0. The summed E-state index contributed by atoms with van der Waals surface area (Å²) in [6.45, 7) is 2.70. The molecule has 5 N–H and O–H groups in total. The first kappa shape index (κ1) is 31.6. The molecular formula is C32H30N6O8S4. The van der Waals surface area contributed by atoms with Crippen LogP contribution in [0.4, 0.5) is 11.4 Å². The Kier molecular flexibility index (Phi) is 5.74. The standard InChI is InChI=1S/C32H30N6O8S4/c1-13(39)29-25(45)37-21-27(15-9-5-7-11-17(15)33-21,19(41)31(37,49-47-29)23(43)35(29)3)28-16-10-6-8-12-18(16)34-22(28)38-26(46)30(14(2)40)36(4)24(44)32(38,20(28)42)50-48-30/h5-13,19-22,33-34,39,41-42H,1-4H3/t13?,19-,20-,21+,22+,27?,28?,29+,30+,31-,32-/m0/s1. The van der Waals surface area contributed by atoms with Gasteiger partial charge in [-0.25, -0.2) is 0 Å². The quantitative estimate of drug-likeness (QED) is 0.213. The van der Waals surface area contributed by atoms with Gasteiger partial charge in [-0.3, -0.25) is 33.8 Å². The van der Waals surface area contributed by atoms with E-state index in [4.69, 9.17) is 0 Å². The molecule has 18 heteroatoms. The van der Waals surface area contributed by atoms with Crippen molar-refractivity contribution >= 4 is 84.0 Å². The SMILES string of the molecule is CC(=O)[C@]12SS[C@]3(C(=O)N1C)[C@@H](O)C1(C45c6ccccc6N[C@@H]4N4C(=O)[C@@]6(C(C)O)SS[C@]4(C(=O)N6C)[C@H]5O)c4ccccc4N[C@@H]1N3C2=O. The van der Waals surface area contributed by atoms with E-state index in [9.17, 15) is 39.3 Å². The molecular weight excluding hydrogens is 725 g/mol. The van der Waals surface area contributed by atoms with Gasteiger partial charge in [0.15, 0.2) is 5.78 Å². The summed E-state index contributed by atoms with van der Waals surface area (Å²) in [5.41, 5.74) is -1.64. The second-order valence-electron chi connectivity index (χ2n) is 14.1. The van der Waals surface area contributed by atoms with Gasteiger partial charge in [-0.1, -0.05) is 36.4 Å². The van der Waals surface area contributed by atoms with Crippen LogP contribution in [0.3, 0.4) is 0 Å². The van der Waals surface area contributed by atoms with Gasteiger partial charge in [0.1, 0.15) is 24.5 Å². The van der Waals surface area contributed by atoms with E-state index in [2.05, 4.69) is 10.6 Å². The monoisotopic (exact) mass is 754 g/mol. The Bertz CT molecular complexity index is 2060. The van der Waals surface area contributed by atoms with Crippen LogP contribution < -0.4 is 10.6 Å². The van der Waals surface area contributed by atoms with Gasteiger partial charge in [-0.15, -0.1) is 0 Å². The minimum Gasteiger partial charge on any atom is -0.389 e. The van der Waals surface area contributed by atoms with E-state index in [1.54, 1.807) is 48.5 Å². The van der Waals surface area contributed by atoms with Crippen molar-refractivity contribution in [3.63, 3.8) is 0 Å². The third kappa shape index (κ3) is 2.61. The number of rotatable bonds is 3. The lowest BCUT2D eigenvalue weighted by atomic mass is 9.52. The fraction of sp³-hybridized carbons (Fsp3) is 0.469. The number of ketones is 1. The molecule has 4 bridgehead atoms. The molecule has 2 spiro atoms. The predicted molar refractivity (Wildman–Crippen MR) is 186 cm³/mol. The van der Waals surface area contributed by atoms with Crippen LogP contribution in [0.2, 0.25) is 0 Å². The first-order valence-electron chi connectivity index (χ1n) is 16.0. The Morgan fingerprint density at radius 3 is 1.68 bits per heavy atom. The predicted octanol–water partition coefficient (Wildman–Crippen LogP) is 0.261. The van der Waals surface area contributed by atoms with Crippen molar-refractivity contribution < 1.29 is 39.3 Å². The molecule has 3 unspecified atom stereocenters. The summed E-state index contributed by atoms with van der Waals surface area (Å²) in [5.74, 6) is -3.11. The topological polar surface area (TPSA) is 183 Å². The Labute approximate surface area is 300 Å². The summed E-state index contributed by atoms with van der Waals surface area (Å²) in [4.78, 5) is 70.2. The van der Waals surface area contributed by atoms with E-state index in [1.807, 2.05) is 0 Å². The number of hydrogen-bond acceptors (Lipinski definition) is 14. The number of para-hydroxylation sites is 2. The molecule has 260 valence electrons. The van der Waals surface area contributed by atoms with Crippen molar-refractivity contribution in [1.29, 1.82) is 0 Å². The second-order valence-corrected chi connectivity index (χ2v) is 19.2. The Balaban J connectivity index is 1.34. The van der Waals surface area contributed by atoms with Gasteiger partial charge in [0.2, 0.25) is 19.5 Å². The number of carbonyl (C=O) groups is 5. The fourth-order valence-corrected chi connectivity index (χ4v) is 18.4. The highest BCUT2D eigenvalue weighted by molar-refractivity contribution is 8.78. The summed E-state index contributed by atoms with van der Waals surface area (Å²) in [6.07, 6.45) is -7.27. The lowest BCUT2D eigenvalue weighted by Crippen LogP contribution is -2.80. The number of anilines is 2. The number of aliphatic hydroxyl groups is 3. The molecule has 0 aliphatic carbocycles. The number of benzene rings is 2. The molecule has 0 radical (unpaired) electrons. The molecule has 4 amide bonds. The summed E-state index contributed by atoms with van der Waals surface area (Å²) >= 11 is 0. The number of piperazine rings is 2. The Morgan fingerprint density at radius 2 is 1.18 bits per heavy atom. The molecule has 0 saturated carbocycles. The van der Waals surface area contributed by atoms with Gasteiger partial charge in [0, 0.05) is 25.5 Å². The smallest absolute Gasteiger partial charge is 0.271 e. The summed E-state index contributed by atoms with van der Waals surface area (Å²) < 4.78 is 0. The van der Waals surface area contributed by atoms with Gasteiger partial charge in [0.25, 0.3) is 23.6 Å². The third-order valence-corrected chi connectivity index (χ3v) is 20.0. The number of fused-ring (bicyclic) bond motifs is 11. The summed E-state index contributed by atoms with van der Waals surface area (Å²) in [5, 5.41) is 44.8. The van der Waals surface area contributed by atoms with Crippen LogP contribution in [0.1, 0.15) is 25.0 Å². The molecule has 2 aromatic carbocycles. The molecule has 2 aromatic rings. The van der Waals surface area contributed by atoms with Crippen molar-refractivity contribution in [2.75, 3.05) is 24.7 Å². The van der Waals surface area contributed by atoms with Crippen LogP contribution in [0.15, 0.2) is 48.5 Å². The van der Waals surface area contributed by atoms with Crippen LogP contribution in [0.25, 0.3) is 0 Å². The molecule has 10 aliphatic heterocycles. The number of carbonyl (C=O) groups excluding carboxylic acids is 5. The lowest BCUT2D eigenvalue weighted by Gasteiger charge is -2.59. The summed E-state index contributed by atoms with van der Waals surface area (Å²) in [6, 6.07) is 14.2. The maximum absolute atomic E-state index is 15.0. The first-order chi connectivity index (χ1) is 23.7. The van der Waals surface area contributed by atoms with E-state index in [1.165, 1.54) is 42.6 Å². The number of amides is 4. The zero-order valence-corrected chi connectivity index (χ0v) is 30.1. The van der Waals surface area contributed by atoms with Crippen LogP contribution in [0, 0.1) is 0 Å². The largest absolute Gasteiger partial charge is 0.389 e. The van der Waals surface area contributed by atoms with E-state index in [-0.39, 0.29) is 0 Å². The lowest BCUT2D eigenvalue weighted by molar-refractivity contribution is -0.172. The van der Waals surface area contributed by atoms with Crippen LogP contribution in [-0.4, -0.2) is 129 Å². The highest BCUT2D eigenvalue weighted by Crippen LogP contribution is 2.78. The van der Waals surface area contributed by atoms with Gasteiger partial charge in [0.05, 0.1) is 16.9 Å². The average Bonchev–Trinajstić information content (AvgIpc) is 3.74. The molecule has 10 aliphatic rings. The van der Waals surface area contributed by atoms with Crippen molar-refractivity contribution in [1.82, 2.24) is 19.6 Å². The fourth-order valence-electron chi connectivity index (χ4n) is 10.5. The summed E-state index contributed by atoms with van der Waals surface area (Å²) in [7, 11) is 6.69. The zero-order chi connectivity index (χ0) is 35.3. The van der Waals surface area contributed by atoms with Gasteiger partial charge in [-0.2, -0.15) is 0 Å². The number of aliphatic hydroxyl groups excluding tert-OH is 3. The number of nitrogens with one attached hydrogen (secondary N) is 2. The molecule has 8 fully saturated rings. The number of likely N-dealkylation sites (N-methyl/N-ethyl adjacent to an activating group) is 2. The zero-order valence-electron chi connectivity index (χ0n) is 26.8. The molecule has 11 atom stereocenters. The number of hydrogen-bond donors (Lipinski definition) is 5. The van der Waals surface area contributed by atoms with E-state index in [0.29, 0.717) is 22.5 Å². The van der Waals surface area contributed by atoms with Crippen LogP contribution in [0.5, 0.6) is 0 Å². The Hall–Kier alpha value is -3.13. The Morgan fingerprint density at radius 1 is 0.720 bits per heavy atom. The molecule has 14 nitrogen and oxygen atoms in total.